The fourth-order valence-electron chi connectivity index (χ4n) is 4.56. The molecule has 0 saturated carbocycles. The zero-order valence-electron chi connectivity index (χ0n) is 17.4. The van der Waals surface area contributed by atoms with E-state index in [1.807, 2.05) is 19.9 Å². The van der Waals surface area contributed by atoms with E-state index < -0.39 is 5.54 Å². The van der Waals surface area contributed by atoms with Crippen molar-refractivity contribution in [3.8, 4) is 22.8 Å². The molecule has 2 aromatic carbocycles. The summed E-state index contributed by atoms with van der Waals surface area (Å²) in [5.41, 5.74) is 6.02. The van der Waals surface area contributed by atoms with Crippen molar-refractivity contribution in [3.05, 3.63) is 64.8 Å². The fourth-order valence-corrected chi connectivity index (χ4v) is 4.56. The van der Waals surface area contributed by atoms with Crippen molar-refractivity contribution in [3.63, 3.8) is 0 Å². The number of ether oxygens (including phenoxy) is 1. The van der Waals surface area contributed by atoms with Gasteiger partial charge in [-0.3, -0.25) is 0 Å². The van der Waals surface area contributed by atoms with Gasteiger partial charge in [0.1, 0.15) is 24.1 Å². The Labute approximate surface area is 170 Å². The van der Waals surface area contributed by atoms with Gasteiger partial charge in [-0.2, -0.15) is 0 Å². The number of aromatic nitrogens is 1. The number of nitrogens with zero attached hydrogens (tertiary/aromatic N) is 2. The van der Waals surface area contributed by atoms with Crippen LogP contribution in [0.15, 0.2) is 41.1 Å². The third kappa shape index (κ3) is 2.47. The first kappa shape index (κ1) is 17.8. The Balaban J connectivity index is 1.86. The van der Waals surface area contributed by atoms with Crippen LogP contribution in [-0.4, -0.2) is 5.54 Å². The van der Waals surface area contributed by atoms with Crippen LogP contribution < -0.4 is 9.30 Å². The van der Waals surface area contributed by atoms with Gasteiger partial charge in [0.2, 0.25) is 11.2 Å². The number of hydrogen-bond donors (Lipinski definition) is 0. The predicted octanol–water partition coefficient (Wildman–Crippen LogP) is 6.04. The summed E-state index contributed by atoms with van der Waals surface area (Å²) in [6.45, 7) is 15.6. The first-order valence-corrected chi connectivity index (χ1v) is 9.83. The summed E-state index contributed by atoms with van der Waals surface area (Å²) in [7, 11) is 2.07. The molecule has 0 bridgehead atoms. The summed E-state index contributed by atoms with van der Waals surface area (Å²) >= 11 is 0. The summed E-state index contributed by atoms with van der Waals surface area (Å²) in [5, 5.41) is 3.33. The van der Waals surface area contributed by atoms with Crippen LogP contribution in [0.5, 0.6) is 11.5 Å². The van der Waals surface area contributed by atoms with Gasteiger partial charge in [0.05, 0.1) is 23.6 Å². The molecule has 1 aliphatic rings. The first-order chi connectivity index (χ1) is 13.8. The van der Waals surface area contributed by atoms with E-state index in [0.29, 0.717) is 6.42 Å². The van der Waals surface area contributed by atoms with Crippen molar-refractivity contribution in [2.24, 2.45) is 7.05 Å². The maximum Gasteiger partial charge on any atom is 0.231 e. The maximum absolute atomic E-state index is 7.48. The Kier molecular flexibility index (Phi) is 3.58. The lowest BCUT2D eigenvalue weighted by molar-refractivity contribution is -0.659. The van der Waals surface area contributed by atoms with Gasteiger partial charge in [0, 0.05) is 36.4 Å². The number of furan rings is 1. The van der Waals surface area contributed by atoms with E-state index in [1.54, 1.807) is 6.26 Å². The quantitative estimate of drug-likeness (QED) is 0.275. The molecule has 0 aliphatic carbocycles. The molecule has 144 valence electrons. The number of rotatable bonds is 2. The average Bonchev–Trinajstić information content (AvgIpc) is 3.18. The van der Waals surface area contributed by atoms with Crippen molar-refractivity contribution >= 4 is 21.7 Å². The second kappa shape index (κ2) is 5.84. The molecule has 5 rings (SSSR count). The number of aryl methyl sites for hydroxylation is 3. The van der Waals surface area contributed by atoms with Crippen LogP contribution in [0.1, 0.15) is 30.5 Å². The fraction of sp³-hybridized carbons (Fsp3) is 0.280. The van der Waals surface area contributed by atoms with Crippen LogP contribution in [0.4, 0.5) is 0 Å². The molecule has 0 fully saturated rings. The zero-order valence-corrected chi connectivity index (χ0v) is 17.4. The molecule has 4 heteroatoms. The van der Waals surface area contributed by atoms with Crippen molar-refractivity contribution in [1.29, 1.82) is 0 Å². The van der Waals surface area contributed by atoms with Crippen LogP contribution in [0.25, 0.3) is 37.8 Å². The van der Waals surface area contributed by atoms with E-state index in [4.69, 9.17) is 15.7 Å². The lowest BCUT2D eigenvalue weighted by Crippen LogP contribution is -2.32. The van der Waals surface area contributed by atoms with E-state index in [-0.39, 0.29) is 0 Å². The Bertz CT molecular complexity index is 1370. The van der Waals surface area contributed by atoms with Gasteiger partial charge in [0.25, 0.3) is 0 Å². The molecule has 4 nitrogen and oxygen atoms in total. The summed E-state index contributed by atoms with van der Waals surface area (Å²) in [6, 6.07) is 8.43. The number of benzene rings is 2. The maximum atomic E-state index is 7.48. The number of pyridine rings is 1. The third-order valence-electron chi connectivity index (χ3n) is 6.00. The average molecular weight is 383 g/mol. The molecule has 3 heterocycles. The first-order valence-electron chi connectivity index (χ1n) is 9.83. The SMILES string of the molecule is [C-]#[N+]C(C)(C)Cc1cc2c3c([n+](C)ccc3c1)-c1c(c(C)c3ccoc3c1C)O2. The van der Waals surface area contributed by atoms with Crippen LogP contribution >= 0.6 is 0 Å². The summed E-state index contributed by atoms with van der Waals surface area (Å²) in [5.74, 6) is 1.76. The predicted molar refractivity (Wildman–Crippen MR) is 114 cm³/mol. The highest BCUT2D eigenvalue weighted by atomic mass is 16.5. The second-order valence-corrected chi connectivity index (χ2v) is 8.65. The van der Waals surface area contributed by atoms with E-state index in [1.165, 1.54) is 0 Å². The zero-order chi connectivity index (χ0) is 20.5. The van der Waals surface area contributed by atoms with E-state index in [9.17, 15) is 0 Å². The van der Waals surface area contributed by atoms with Gasteiger partial charge >= 0.3 is 0 Å². The molecule has 0 saturated heterocycles. The minimum Gasteiger partial charge on any atom is -0.464 e. The molecule has 0 N–H and O–H groups in total. The van der Waals surface area contributed by atoms with Gasteiger partial charge in [0.15, 0.2) is 6.20 Å². The Hall–Kier alpha value is -3.32. The minimum absolute atomic E-state index is 0.440. The topological polar surface area (TPSA) is 30.6 Å². The standard InChI is InChI=1S/C25H23N2O2/c1-14-18-8-10-28-23(18)15(2)20-22-21-17(7-9-27(22)6)11-16(13-25(3,4)26-5)12-19(21)29-24(14)20/h7-12H,13H2,1-4,6H3/q+1. The molecular weight excluding hydrogens is 360 g/mol. The Morgan fingerprint density at radius 2 is 1.93 bits per heavy atom. The normalized spacial score (nSPS) is 12.7. The number of fused-ring (bicyclic) bond motifs is 3. The molecule has 1 aliphatic heterocycles. The molecule has 0 atom stereocenters. The summed E-state index contributed by atoms with van der Waals surface area (Å²) < 4.78 is 14.5. The van der Waals surface area contributed by atoms with E-state index >= 15 is 0 Å². The van der Waals surface area contributed by atoms with Crippen LogP contribution in [0, 0.1) is 20.4 Å². The Morgan fingerprint density at radius 1 is 1.14 bits per heavy atom. The Morgan fingerprint density at radius 3 is 2.69 bits per heavy atom. The van der Waals surface area contributed by atoms with E-state index in [0.717, 1.165) is 61.2 Å². The lowest BCUT2D eigenvalue weighted by atomic mass is 9.89. The van der Waals surface area contributed by atoms with Crippen LogP contribution in [-0.2, 0) is 13.5 Å². The van der Waals surface area contributed by atoms with Gasteiger partial charge in [-0.05, 0) is 36.9 Å². The molecule has 0 spiro atoms. The van der Waals surface area contributed by atoms with E-state index in [2.05, 4.69) is 54.7 Å². The van der Waals surface area contributed by atoms with Gasteiger partial charge < -0.3 is 14.0 Å². The van der Waals surface area contributed by atoms with Crippen LogP contribution in [0.3, 0.4) is 0 Å². The smallest absolute Gasteiger partial charge is 0.231 e. The van der Waals surface area contributed by atoms with Gasteiger partial charge in [-0.1, -0.05) is 6.07 Å². The monoisotopic (exact) mass is 383 g/mol. The van der Waals surface area contributed by atoms with Crippen molar-refractivity contribution < 1.29 is 13.7 Å². The molecule has 0 amide bonds. The molecule has 4 aromatic rings. The highest BCUT2D eigenvalue weighted by Gasteiger charge is 2.33. The van der Waals surface area contributed by atoms with Crippen molar-refractivity contribution in [2.45, 2.75) is 39.7 Å². The van der Waals surface area contributed by atoms with Crippen molar-refractivity contribution in [1.82, 2.24) is 0 Å². The third-order valence-corrected chi connectivity index (χ3v) is 6.00. The van der Waals surface area contributed by atoms with Crippen molar-refractivity contribution in [2.75, 3.05) is 0 Å². The highest BCUT2D eigenvalue weighted by Crippen LogP contribution is 2.50. The number of hydrogen-bond acceptors (Lipinski definition) is 2. The lowest BCUT2D eigenvalue weighted by Gasteiger charge is -2.23. The summed E-state index contributed by atoms with van der Waals surface area (Å²) in [4.78, 5) is 3.78. The minimum atomic E-state index is -0.440. The van der Waals surface area contributed by atoms with Gasteiger partial charge in [-0.25, -0.2) is 11.1 Å². The van der Waals surface area contributed by atoms with Gasteiger partial charge in [-0.15, -0.1) is 0 Å². The highest BCUT2D eigenvalue weighted by molar-refractivity contribution is 6.05. The van der Waals surface area contributed by atoms with Crippen LogP contribution in [0.2, 0.25) is 0 Å². The molecule has 0 radical (unpaired) electrons. The summed E-state index contributed by atoms with van der Waals surface area (Å²) in [6.07, 6.45) is 4.53. The largest absolute Gasteiger partial charge is 0.464 e. The molecule has 2 aromatic heterocycles. The molecule has 29 heavy (non-hydrogen) atoms. The molecular formula is C25H23N2O2+. The molecule has 0 unspecified atom stereocenters. The second-order valence-electron chi connectivity index (χ2n) is 8.65.